The Kier molecular flexibility index (Phi) is 7.49. The van der Waals surface area contributed by atoms with Gasteiger partial charge >= 0.3 is 5.97 Å². The molecule has 3 N–H and O–H groups in total. The summed E-state index contributed by atoms with van der Waals surface area (Å²) in [4.78, 5) is 30.1. The number of aromatic nitrogens is 1. The number of carbonyl (C=O) groups is 2. The lowest BCUT2D eigenvalue weighted by Gasteiger charge is -2.14. The van der Waals surface area contributed by atoms with Crippen LogP contribution in [0.3, 0.4) is 0 Å². The second-order valence-electron chi connectivity index (χ2n) is 8.34. The van der Waals surface area contributed by atoms with Gasteiger partial charge in [-0.15, -0.1) is 0 Å². The lowest BCUT2D eigenvalue weighted by Crippen LogP contribution is -2.15. The van der Waals surface area contributed by atoms with Crippen LogP contribution in [0.15, 0.2) is 66.7 Å². The number of amides is 1. The molecule has 4 rings (SSSR count). The van der Waals surface area contributed by atoms with Gasteiger partial charge in [-0.25, -0.2) is 4.79 Å². The van der Waals surface area contributed by atoms with E-state index in [2.05, 4.69) is 17.2 Å². The Hall–Kier alpha value is -4.39. The highest BCUT2D eigenvalue weighted by atomic mass is 16.5. The van der Waals surface area contributed by atoms with Gasteiger partial charge in [-0.1, -0.05) is 37.3 Å². The molecule has 4 aromatic rings. The quantitative estimate of drug-likeness (QED) is 0.312. The smallest absolute Gasteiger partial charge is 0.342 e. The van der Waals surface area contributed by atoms with Crippen LogP contribution in [0.1, 0.15) is 51.4 Å². The Labute approximate surface area is 210 Å². The van der Waals surface area contributed by atoms with Crippen molar-refractivity contribution in [3.05, 3.63) is 94.7 Å². The molecular formula is C29H29N3O4. The summed E-state index contributed by atoms with van der Waals surface area (Å²) in [6, 6.07) is 20.5. The molecule has 0 aliphatic carbocycles. The molecule has 0 saturated heterocycles. The van der Waals surface area contributed by atoms with Gasteiger partial charge in [-0.05, 0) is 62.2 Å². The summed E-state index contributed by atoms with van der Waals surface area (Å²) in [6.07, 6.45) is 0.962. The molecule has 0 radical (unpaired) electrons. The molecule has 1 heterocycles. The van der Waals surface area contributed by atoms with Gasteiger partial charge in [-0.3, -0.25) is 9.78 Å². The second kappa shape index (κ2) is 10.9. The SMILES string of the molecule is CCOC(=O)c1c(C)nc2ccc(NC(=O)c3ccccc3COc3ccc(CC)cc3)cc2c1N. The van der Waals surface area contributed by atoms with Crippen molar-refractivity contribution < 1.29 is 19.1 Å². The predicted molar refractivity (Wildman–Crippen MR) is 141 cm³/mol. The average molecular weight is 484 g/mol. The van der Waals surface area contributed by atoms with Crippen LogP contribution in [0.25, 0.3) is 10.9 Å². The molecule has 0 atom stereocenters. The van der Waals surface area contributed by atoms with Gasteiger partial charge in [0, 0.05) is 22.2 Å². The number of ether oxygens (including phenoxy) is 2. The Morgan fingerprint density at radius 2 is 1.75 bits per heavy atom. The fourth-order valence-corrected chi connectivity index (χ4v) is 4.00. The molecule has 3 aromatic carbocycles. The molecule has 0 bridgehead atoms. The zero-order valence-corrected chi connectivity index (χ0v) is 20.6. The minimum atomic E-state index is -0.519. The highest BCUT2D eigenvalue weighted by Gasteiger charge is 2.19. The number of benzene rings is 3. The third-order valence-electron chi connectivity index (χ3n) is 5.93. The van der Waals surface area contributed by atoms with Gasteiger partial charge in [-0.2, -0.15) is 0 Å². The van der Waals surface area contributed by atoms with Gasteiger partial charge in [0.1, 0.15) is 17.9 Å². The fourth-order valence-electron chi connectivity index (χ4n) is 4.00. The van der Waals surface area contributed by atoms with Crippen molar-refractivity contribution in [1.82, 2.24) is 4.98 Å². The number of aryl methyl sites for hydroxylation is 2. The van der Waals surface area contributed by atoms with Crippen LogP contribution in [0.4, 0.5) is 11.4 Å². The Morgan fingerprint density at radius 1 is 1.00 bits per heavy atom. The van der Waals surface area contributed by atoms with E-state index in [-0.39, 0.29) is 30.4 Å². The summed E-state index contributed by atoms with van der Waals surface area (Å²) in [5.41, 5.74) is 11.0. The van der Waals surface area contributed by atoms with E-state index in [1.807, 2.05) is 42.5 Å². The van der Waals surface area contributed by atoms with Crippen LogP contribution in [-0.4, -0.2) is 23.5 Å². The lowest BCUT2D eigenvalue weighted by atomic mass is 10.0. The molecule has 0 aliphatic heterocycles. The highest BCUT2D eigenvalue weighted by molar-refractivity contribution is 6.09. The number of nitrogens with two attached hydrogens (primary N) is 1. The summed E-state index contributed by atoms with van der Waals surface area (Å²) >= 11 is 0. The van der Waals surface area contributed by atoms with Crippen molar-refractivity contribution in [2.75, 3.05) is 17.7 Å². The first kappa shape index (κ1) is 24.7. The Morgan fingerprint density at radius 3 is 2.47 bits per heavy atom. The topological polar surface area (TPSA) is 104 Å². The van der Waals surface area contributed by atoms with E-state index in [0.717, 1.165) is 17.7 Å². The van der Waals surface area contributed by atoms with Crippen molar-refractivity contribution in [2.24, 2.45) is 0 Å². The van der Waals surface area contributed by atoms with Crippen LogP contribution >= 0.6 is 0 Å². The maximum absolute atomic E-state index is 13.2. The monoisotopic (exact) mass is 483 g/mol. The lowest BCUT2D eigenvalue weighted by molar-refractivity contribution is 0.0526. The van der Waals surface area contributed by atoms with Gasteiger partial charge in [0.15, 0.2) is 0 Å². The number of nitrogen functional groups attached to an aromatic ring is 1. The maximum atomic E-state index is 13.2. The van der Waals surface area contributed by atoms with Gasteiger partial charge in [0.2, 0.25) is 0 Å². The molecule has 1 amide bonds. The summed E-state index contributed by atoms with van der Waals surface area (Å²) in [7, 11) is 0. The third kappa shape index (κ3) is 5.30. The Bertz CT molecular complexity index is 1410. The summed E-state index contributed by atoms with van der Waals surface area (Å²) < 4.78 is 11.1. The number of hydrogen-bond acceptors (Lipinski definition) is 6. The molecule has 0 aliphatic rings. The predicted octanol–water partition coefficient (Wildman–Crippen LogP) is 5.70. The molecule has 7 heteroatoms. The number of anilines is 2. The van der Waals surface area contributed by atoms with Crippen LogP contribution in [0.2, 0.25) is 0 Å². The van der Waals surface area contributed by atoms with E-state index in [1.54, 1.807) is 38.1 Å². The Balaban J connectivity index is 1.56. The number of carbonyl (C=O) groups excluding carboxylic acids is 2. The molecule has 36 heavy (non-hydrogen) atoms. The fraction of sp³-hybridized carbons (Fsp3) is 0.207. The molecule has 0 fully saturated rings. The van der Waals surface area contributed by atoms with Crippen molar-refractivity contribution in [3.63, 3.8) is 0 Å². The van der Waals surface area contributed by atoms with Crippen molar-refractivity contribution in [1.29, 1.82) is 0 Å². The first-order chi connectivity index (χ1) is 17.4. The number of rotatable bonds is 8. The van der Waals surface area contributed by atoms with Crippen LogP contribution < -0.4 is 15.8 Å². The maximum Gasteiger partial charge on any atom is 0.342 e. The number of hydrogen-bond donors (Lipinski definition) is 2. The van der Waals surface area contributed by atoms with Crippen molar-refractivity contribution in [3.8, 4) is 5.75 Å². The minimum Gasteiger partial charge on any atom is -0.489 e. The summed E-state index contributed by atoms with van der Waals surface area (Å²) in [5.74, 6) is -0.0543. The summed E-state index contributed by atoms with van der Waals surface area (Å²) in [6.45, 7) is 6.04. The average Bonchev–Trinajstić information content (AvgIpc) is 2.88. The molecule has 0 saturated carbocycles. The molecule has 0 spiro atoms. The zero-order chi connectivity index (χ0) is 25.7. The molecule has 1 aromatic heterocycles. The number of nitrogens with zero attached hydrogens (tertiary/aromatic N) is 1. The van der Waals surface area contributed by atoms with Gasteiger partial charge in [0.05, 0.1) is 23.5 Å². The normalized spacial score (nSPS) is 10.8. The summed E-state index contributed by atoms with van der Waals surface area (Å²) in [5, 5.41) is 3.49. The zero-order valence-electron chi connectivity index (χ0n) is 20.6. The second-order valence-corrected chi connectivity index (χ2v) is 8.34. The molecule has 0 unspecified atom stereocenters. The van der Waals surface area contributed by atoms with Crippen LogP contribution in [0.5, 0.6) is 5.75 Å². The van der Waals surface area contributed by atoms with Crippen LogP contribution in [-0.2, 0) is 17.8 Å². The first-order valence-corrected chi connectivity index (χ1v) is 11.9. The number of pyridine rings is 1. The minimum absolute atomic E-state index is 0.235. The molecule has 7 nitrogen and oxygen atoms in total. The van der Waals surface area contributed by atoms with Crippen molar-refractivity contribution >= 4 is 34.2 Å². The molecular weight excluding hydrogens is 454 g/mol. The molecule has 184 valence electrons. The number of esters is 1. The van der Waals surface area contributed by atoms with Gasteiger partial charge < -0.3 is 20.5 Å². The highest BCUT2D eigenvalue weighted by Crippen LogP contribution is 2.29. The first-order valence-electron chi connectivity index (χ1n) is 11.9. The standard InChI is InChI=1S/C29H29N3O4/c1-4-19-10-13-22(14-11-19)36-17-20-8-6-7-9-23(20)28(33)32-21-12-15-25-24(16-21)27(30)26(18(3)31-25)29(34)35-5-2/h6-16H,4-5,17H2,1-3H3,(H2,30,31)(H,32,33). The van der Waals surface area contributed by atoms with E-state index < -0.39 is 5.97 Å². The van der Waals surface area contributed by atoms with Crippen molar-refractivity contribution in [2.45, 2.75) is 33.8 Å². The number of fused-ring (bicyclic) bond motifs is 1. The van der Waals surface area contributed by atoms with E-state index >= 15 is 0 Å². The third-order valence-corrected chi connectivity index (χ3v) is 5.93. The number of nitrogens with one attached hydrogen (secondary N) is 1. The van der Waals surface area contributed by atoms with E-state index in [1.165, 1.54) is 5.56 Å². The van der Waals surface area contributed by atoms with Gasteiger partial charge in [0.25, 0.3) is 5.91 Å². The van der Waals surface area contributed by atoms with Crippen LogP contribution in [0, 0.1) is 6.92 Å². The van der Waals surface area contributed by atoms with E-state index in [0.29, 0.717) is 27.8 Å². The van der Waals surface area contributed by atoms with E-state index in [4.69, 9.17) is 15.2 Å². The van der Waals surface area contributed by atoms with E-state index in [9.17, 15) is 9.59 Å². The largest absolute Gasteiger partial charge is 0.489 e.